The molecule has 4 heterocycles. The van der Waals surface area contributed by atoms with E-state index in [1.807, 2.05) is 13.0 Å². The van der Waals surface area contributed by atoms with Crippen molar-refractivity contribution in [1.29, 1.82) is 0 Å². The number of carbonyl (C=O) groups excluding carboxylic acids is 1. The Morgan fingerprint density at radius 3 is 2.69 bits per heavy atom. The molecule has 1 fully saturated rings. The van der Waals surface area contributed by atoms with Crippen molar-refractivity contribution in [1.82, 2.24) is 25.0 Å². The fraction of sp³-hybridized carbons (Fsp3) is 0.450. The zero-order valence-electron chi connectivity index (χ0n) is 18.3. The van der Waals surface area contributed by atoms with Crippen molar-refractivity contribution < 1.29 is 14.4 Å². The first-order valence-electron chi connectivity index (χ1n) is 10.3. The number of carbonyl (C=O) groups is 1. The van der Waals surface area contributed by atoms with Gasteiger partial charge in [0, 0.05) is 38.8 Å². The molecular weight excluding hydrogens is 432 g/mol. The van der Waals surface area contributed by atoms with Crippen molar-refractivity contribution >= 4 is 39.7 Å². The Morgan fingerprint density at radius 2 is 2.00 bits per heavy atom. The van der Waals surface area contributed by atoms with Gasteiger partial charge in [0.05, 0.1) is 12.8 Å². The van der Waals surface area contributed by atoms with Gasteiger partial charge in [0.25, 0.3) is 5.91 Å². The van der Waals surface area contributed by atoms with Gasteiger partial charge in [-0.1, -0.05) is 16.5 Å². The molecule has 0 bridgehead atoms. The third kappa shape index (κ3) is 5.03. The van der Waals surface area contributed by atoms with E-state index >= 15 is 0 Å². The molecule has 12 heteroatoms. The number of nitrogens with one attached hydrogen (secondary N) is 2. The van der Waals surface area contributed by atoms with Crippen LogP contribution in [0.15, 0.2) is 16.8 Å². The molecule has 170 valence electrons. The van der Waals surface area contributed by atoms with Crippen LogP contribution < -0.4 is 15.5 Å². The van der Waals surface area contributed by atoms with Crippen LogP contribution in [0.4, 0.5) is 22.5 Å². The maximum Gasteiger partial charge on any atom is 0.267 e. The molecule has 0 aliphatic carbocycles. The number of aromatic nitrogens is 4. The Kier molecular flexibility index (Phi) is 6.63. The third-order valence-electron chi connectivity index (χ3n) is 5.17. The number of hydrogen-bond acceptors (Lipinski definition) is 11. The fourth-order valence-electron chi connectivity index (χ4n) is 3.50. The van der Waals surface area contributed by atoms with Crippen molar-refractivity contribution in [3.8, 4) is 0 Å². The molecule has 3 aromatic heterocycles. The number of β-amino-alcohol motifs (C(OH)–C–C–N with tert-alkyl or cyclic N) is 1. The molecule has 3 aromatic rings. The zero-order chi connectivity index (χ0) is 22.7. The minimum absolute atomic E-state index is 0.173. The molecule has 4 rings (SSSR count). The Hall–Kier alpha value is -3.09. The van der Waals surface area contributed by atoms with Gasteiger partial charge in [0.15, 0.2) is 10.9 Å². The van der Waals surface area contributed by atoms with E-state index in [1.165, 1.54) is 17.5 Å². The average molecular weight is 459 g/mol. The fourth-order valence-corrected chi connectivity index (χ4v) is 4.22. The highest BCUT2D eigenvalue weighted by Gasteiger charge is 2.20. The van der Waals surface area contributed by atoms with Gasteiger partial charge in [-0.3, -0.25) is 9.69 Å². The molecule has 1 saturated heterocycles. The van der Waals surface area contributed by atoms with E-state index in [-0.39, 0.29) is 12.5 Å². The van der Waals surface area contributed by atoms with Gasteiger partial charge in [-0.15, -0.1) is 0 Å². The second-order valence-corrected chi connectivity index (χ2v) is 8.55. The number of aryl methyl sites for hydroxylation is 3. The van der Waals surface area contributed by atoms with Crippen LogP contribution in [0.25, 0.3) is 0 Å². The van der Waals surface area contributed by atoms with Gasteiger partial charge in [-0.25, -0.2) is 15.0 Å². The Bertz CT molecular complexity index is 1070. The van der Waals surface area contributed by atoms with Crippen LogP contribution in [0.1, 0.15) is 27.0 Å². The molecule has 11 nitrogen and oxygen atoms in total. The number of aliphatic hydroxyl groups excluding tert-OH is 1. The molecule has 32 heavy (non-hydrogen) atoms. The number of thiazole rings is 1. The molecule has 0 aromatic carbocycles. The standard InChI is InChI=1S/C20H26N8O3S/c1-12-18(13(2)31-26-12)25-19(30)15-11-21-20(32-15)24-16-10-17(23-14(3)22-16)28-6-4-27(5-7-28)8-9-29/h10-11,29H,4-9H2,1-3H3,(H,25,30)(H,21,22,23,24). The van der Waals surface area contributed by atoms with E-state index in [4.69, 9.17) is 9.63 Å². The van der Waals surface area contributed by atoms with Crippen LogP contribution in [0.2, 0.25) is 0 Å². The second kappa shape index (κ2) is 9.59. The van der Waals surface area contributed by atoms with E-state index in [1.54, 1.807) is 13.8 Å². The summed E-state index contributed by atoms with van der Waals surface area (Å²) in [4.78, 5) is 30.8. The molecule has 0 radical (unpaired) electrons. The molecule has 0 unspecified atom stereocenters. The Labute approximate surface area is 189 Å². The van der Waals surface area contributed by atoms with Crippen LogP contribution >= 0.6 is 11.3 Å². The van der Waals surface area contributed by atoms with Gasteiger partial charge < -0.3 is 25.2 Å². The smallest absolute Gasteiger partial charge is 0.267 e. The molecule has 1 aliphatic rings. The van der Waals surface area contributed by atoms with Gasteiger partial charge in [0.1, 0.15) is 33.7 Å². The number of anilines is 4. The summed E-state index contributed by atoms with van der Waals surface area (Å²) in [5.74, 6) is 2.40. The predicted molar refractivity (Wildman–Crippen MR) is 122 cm³/mol. The van der Waals surface area contributed by atoms with Crippen molar-refractivity contribution in [2.75, 3.05) is 54.9 Å². The zero-order valence-corrected chi connectivity index (χ0v) is 19.1. The highest BCUT2D eigenvalue weighted by Crippen LogP contribution is 2.26. The third-order valence-corrected chi connectivity index (χ3v) is 6.08. The topological polar surface area (TPSA) is 133 Å². The first kappa shape index (κ1) is 22.1. The summed E-state index contributed by atoms with van der Waals surface area (Å²) >= 11 is 1.23. The SMILES string of the molecule is Cc1nc(Nc2ncc(C(=O)Nc3c(C)noc3C)s2)cc(N2CCN(CCO)CC2)n1. The number of piperazine rings is 1. The largest absolute Gasteiger partial charge is 0.395 e. The minimum Gasteiger partial charge on any atom is -0.395 e. The Morgan fingerprint density at radius 1 is 1.22 bits per heavy atom. The maximum atomic E-state index is 12.6. The van der Waals surface area contributed by atoms with Gasteiger partial charge in [-0.2, -0.15) is 0 Å². The molecule has 1 aliphatic heterocycles. The van der Waals surface area contributed by atoms with E-state index in [0.29, 0.717) is 45.3 Å². The summed E-state index contributed by atoms with van der Waals surface area (Å²) in [5, 5.41) is 19.5. The van der Waals surface area contributed by atoms with E-state index in [2.05, 4.69) is 40.5 Å². The summed E-state index contributed by atoms with van der Waals surface area (Å²) in [6.45, 7) is 9.65. The first-order valence-corrected chi connectivity index (χ1v) is 11.2. The van der Waals surface area contributed by atoms with Crippen molar-refractivity contribution in [2.45, 2.75) is 20.8 Å². The highest BCUT2D eigenvalue weighted by molar-refractivity contribution is 7.17. The number of rotatable bonds is 7. The van der Waals surface area contributed by atoms with Crippen LogP contribution in [-0.4, -0.2) is 75.4 Å². The maximum absolute atomic E-state index is 12.6. The van der Waals surface area contributed by atoms with Crippen molar-refractivity contribution in [2.24, 2.45) is 0 Å². The van der Waals surface area contributed by atoms with Gasteiger partial charge >= 0.3 is 0 Å². The summed E-state index contributed by atoms with van der Waals surface area (Å²) in [6, 6.07) is 1.89. The van der Waals surface area contributed by atoms with Crippen molar-refractivity contribution in [3.63, 3.8) is 0 Å². The summed E-state index contributed by atoms with van der Waals surface area (Å²) in [7, 11) is 0. The average Bonchev–Trinajstić information content (AvgIpc) is 3.36. The summed E-state index contributed by atoms with van der Waals surface area (Å²) in [5.41, 5.74) is 1.20. The van der Waals surface area contributed by atoms with Crippen LogP contribution in [0, 0.1) is 20.8 Å². The molecular formula is C20H26N8O3S. The molecule has 0 atom stereocenters. The van der Waals surface area contributed by atoms with E-state index in [9.17, 15) is 4.79 Å². The van der Waals surface area contributed by atoms with E-state index < -0.39 is 0 Å². The molecule has 3 N–H and O–H groups in total. The summed E-state index contributed by atoms with van der Waals surface area (Å²) < 4.78 is 5.09. The molecule has 0 saturated carbocycles. The van der Waals surface area contributed by atoms with Crippen LogP contribution in [-0.2, 0) is 0 Å². The van der Waals surface area contributed by atoms with Crippen LogP contribution in [0.3, 0.4) is 0 Å². The lowest BCUT2D eigenvalue weighted by Gasteiger charge is -2.35. The number of aliphatic hydroxyl groups is 1. The lowest BCUT2D eigenvalue weighted by molar-refractivity contribution is 0.103. The quantitative estimate of drug-likeness (QED) is 0.482. The van der Waals surface area contributed by atoms with Gasteiger partial charge in [0.2, 0.25) is 0 Å². The summed E-state index contributed by atoms with van der Waals surface area (Å²) in [6.07, 6.45) is 1.52. The van der Waals surface area contributed by atoms with Crippen molar-refractivity contribution in [3.05, 3.63) is 34.4 Å². The first-order chi connectivity index (χ1) is 15.4. The highest BCUT2D eigenvalue weighted by atomic mass is 32.1. The lowest BCUT2D eigenvalue weighted by atomic mass is 10.3. The minimum atomic E-state index is -0.273. The Balaban J connectivity index is 1.42. The second-order valence-electron chi connectivity index (χ2n) is 7.52. The van der Waals surface area contributed by atoms with E-state index in [0.717, 1.165) is 32.0 Å². The van der Waals surface area contributed by atoms with Gasteiger partial charge in [-0.05, 0) is 20.8 Å². The van der Waals surface area contributed by atoms with Crippen LogP contribution in [0.5, 0.6) is 0 Å². The monoisotopic (exact) mass is 458 g/mol. The molecule has 0 spiro atoms. The number of hydrogen-bond donors (Lipinski definition) is 3. The number of nitrogens with zero attached hydrogens (tertiary/aromatic N) is 6. The predicted octanol–water partition coefficient (Wildman–Crippen LogP) is 1.96. The number of amides is 1. The molecule has 1 amide bonds. The lowest BCUT2D eigenvalue weighted by Crippen LogP contribution is -2.47. The normalized spacial score (nSPS) is 14.6.